The highest BCUT2D eigenvalue weighted by molar-refractivity contribution is 7.12. The van der Waals surface area contributed by atoms with Gasteiger partial charge in [0.1, 0.15) is 6.10 Å². The van der Waals surface area contributed by atoms with E-state index in [2.05, 4.69) is 32.2 Å². The van der Waals surface area contributed by atoms with Crippen LogP contribution in [0.3, 0.4) is 0 Å². The minimum atomic E-state index is 0.139. The molecular weight excluding hydrogens is 234 g/mol. The molecule has 2 atom stereocenters. The van der Waals surface area contributed by atoms with Gasteiger partial charge in [-0.05, 0) is 32.0 Å². The fourth-order valence-corrected chi connectivity index (χ4v) is 3.44. The average molecular weight is 255 g/mol. The zero-order valence-electron chi connectivity index (χ0n) is 10.8. The summed E-state index contributed by atoms with van der Waals surface area (Å²) in [6, 6.07) is 2.51. The van der Waals surface area contributed by atoms with Crippen LogP contribution in [0.5, 0.6) is 0 Å². The van der Waals surface area contributed by atoms with E-state index in [1.165, 1.54) is 15.3 Å². The van der Waals surface area contributed by atoms with Gasteiger partial charge in [0.2, 0.25) is 0 Å². The maximum absolute atomic E-state index is 5.83. The van der Waals surface area contributed by atoms with Crippen LogP contribution in [0, 0.1) is 13.8 Å². The van der Waals surface area contributed by atoms with Crippen molar-refractivity contribution in [1.29, 1.82) is 0 Å². The molecule has 1 aliphatic rings. The summed E-state index contributed by atoms with van der Waals surface area (Å²) in [7, 11) is 0. The Kier molecular flexibility index (Phi) is 4.56. The lowest BCUT2D eigenvalue weighted by Gasteiger charge is -2.30. The molecule has 0 aliphatic carbocycles. The number of hydrogen-bond acceptors (Lipinski definition) is 4. The quantitative estimate of drug-likeness (QED) is 0.896. The van der Waals surface area contributed by atoms with Crippen LogP contribution in [-0.4, -0.2) is 32.5 Å². The van der Waals surface area contributed by atoms with Crippen LogP contribution in [-0.2, 0) is 9.47 Å². The molecule has 0 spiro atoms. The van der Waals surface area contributed by atoms with E-state index in [0.717, 1.165) is 13.2 Å². The van der Waals surface area contributed by atoms with Crippen molar-refractivity contribution >= 4 is 11.3 Å². The molecule has 0 radical (unpaired) electrons. The molecule has 1 saturated heterocycles. The van der Waals surface area contributed by atoms with Crippen LogP contribution < -0.4 is 5.32 Å². The first-order valence-corrected chi connectivity index (χ1v) is 7.03. The lowest BCUT2D eigenvalue weighted by atomic mass is 10.1. The van der Waals surface area contributed by atoms with Crippen LogP contribution in [0.25, 0.3) is 0 Å². The van der Waals surface area contributed by atoms with E-state index >= 15 is 0 Å². The fraction of sp³-hybridized carbons (Fsp3) is 0.692. The summed E-state index contributed by atoms with van der Waals surface area (Å²) < 4.78 is 11.3. The molecule has 1 N–H and O–H groups in total. The Morgan fingerprint density at radius 2 is 2.29 bits per heavy atom. The zero-order valence-corrected chi connectivity index (χ0v) is 11.6. The number of rotatable bonds is 4. The Morgan fingerprint density at radius 3 is 2.82 bits per heavy atom. The molecular formula is C13H21NO2S. The number of thiophene rings is 1. The maximum Gasteiger partial charge on any atom is 0.101 e. The van der Waals surface area contributed by atoms with Crippen molar-refractivity contribution in [3.8, 4) is 0 Å². The van der Waals surface area contributed by atoms with Crippen molar-refractivity contribution in [2.24, 2.45) is 0 Å². The van der Waals surface area contributed by atoms with E-state index in [1.54, 1.807) is 0 Å². The Labute approximate surface area is 107 Å². The molecule has 0 aromatic carbocycles. The van der Waals surface area contributed by atoms with Gasteiger partial charge < -0.3 is 14.8 Å². The first-order chi connectivity index (χ1) is 8.22. The predicted molar refractivity (Wildman–Crippen MR) is 70.8 cm³/mol. The normalized spacial score (nSPS) is 22.6. The molecule has 1 aromatic heterocycles. The molecule has 1 fully saturated rings. The SMILES string of the molecule is CCNC(c1sc(C)cc1C)C1COCCO1. The third kappa shape index (κ3) is 3.07. The fourth-order valence-electron chi connectivity index (χ4n) is 2.28. The molecule has 0 saturated carbocycles. The summed E-state index contributed by atoms with van der Waals surface area (Å²) in [5, 5.41) is 3.53. The third-order valence-electron chi connectivity index (χ3n) is 3.00. The van der Waals surface area contributed by atoms with Crippen LogP contribution in [0.1, 0.15) is 28.3 Å². The molecule has 3 nitrogen and oxygen atoms in total. The van der Waals surface area contributed by atoms with E-state index in [4.69, 9.17) is 9.47 Å². The van der Waals surface area contributed by atoms with Crippen LogP contribution in [0.2, 0.25) is 0 Å². The second kappa shape index (κ2) is 5.96. The van der Waals surface area contributed by atoms with Crippen molar-refractivity contribution in [2.45, 2.75) is 32.9 Å². The van der Waals surface area contributed by atoms with Gasteiger partial charge >= 0.3 is 0 Å². The maximum atomic E-state index is 5.83. The molecule has 2 heterocycles. The van der Waals surface area contributed by atoms with Gasteiger partial charge in [-0.1, -0.05) is 6.92 Å². The van der Waals surface area contributed by atoms with Gasteiger partial charge in [-0.15, -0.1) is 11.3 Å². The van der Waals surface area contributed by atoms with Crippen LogP contribution in [0.15, 0.2) is 6.07 Å². The smallest absolute Gasteiger partial charge is 0.101 e. The molecule has 0 bridgehead atoms. The second-order valence-electron chi connectivity index (χ2n) is 4.42. The van der Waals surface area contributed by atoms with Gasteiger partial charge in [-0.2, -0.15) is 0 Å². The summed E-state index contributed by atoms with van der Waals surface area (Å²) >= 11 is 1.86. The van der Waals surface area contributed by atoms with Gasteiger partial charge in [-0.3, -0.25) is 0 Å². The van der Waals surface area contributed by atoms with Gasteiger partial charge in [0.25, 0.3) is 0 Å². The van der Waals surface area contributed by atoms with E-state index < -0.39 is 0 Å². The molecule has 2 unspecified atom stereocenters. The highest BCUT2D eigenvalue weighted by Gasteiger charge is 2.28. The van der Waals surface area contributed by atoms with Crippen molar-refractivity contribution in [2.75, 3.05) is 26.4 Å². The van der Waals surface area contributed by atoms with E-state index in [0.29, 0.717) is 13.2 Å². The average Bonchev–Trinajstić information content (AvgIpc) is 2.66. The highest BCUT2D eigenvalue weighted by Crippen LogP contribution is 2.31. The Balaban J connectivity index is 2.18. The first kappa shape index (κ1) is 13.0. The third-order valence-corrected chi connectivity index (χ3v) is 4.24. The molecule has 96 valence electrons. The molecule has 17 heavy (non-hydrogen) atoms. The molecule has 1 aliphatic heterocycles. The van der Waals surface area contributed by atoms with Gasteiger partial charge in [0, 0.05) is 9.75 Å². The molecule has 1 aromatic rings. The molecule has 4 heteroatoms. The monoisotopic (exact) mass is 255 g/mol. The lowest BCUT2D eigenvalue weighted by Crippen LogP contribution is -2.40. The summed E-state index contributed by atoms with van der Waals surface area (Å²) in [6.45, 7) is 9.52. The van der Waals surface area contributed by atoms with E-state index in [9.17, 15) is 0 Å². The van der Waals surface area contributed by atoms with Crippen molar-refractivity contribution in [1.82, 2.24) is 5.32 Å². The Hall–Kier alpha value is -0.420. The summed E-state index contributed by atoms with van der Waals surface area (Å²) in [6.07, 6.45) is 0.139. The molecule has 0 amide bonds. The van der Waals surface area contributed by atoms with E-state index in [1.807, 2.05) is 11.3 Å². The summed E-state index contributed by atoms with van der Waals surface area (Å²) in [5.74, 6) is 0. The lowest BCUT2D eigenvalue weighted by molar-refractivity contribution is -0.102. The summed E-state index contributed by atoms with van der Waals surface area (Å²) in [5.41, 5.74) is 1.35. The van der Waals surface area contributed by atoms with Gasteiger partial charge in [0.15, 0.2) is 0 Å². The first-order valence-electron chi connectivity index (χ1n) is 6.22. The van der Waals surface area contributed by atoms with E-state index in [-0.39, 0.29) is 12.1 Å². The Morgan fingerprint density at radius 1 is 1.47 bits per heavy atom. The number of ether oxygens (including phenoxy) is 2. The number of hydrogen-bond donors (Lipinski definition) is 1. The minimum absolute atomic E-state index is 0.139. The van der Waals surface area contributed by atoms with Gasteiger partial charge in [-0.25, -0.2) is 0 Å². The van der Waals surface area contributed by atoms with Crippen LogP contribution in [0.4, 0.5) is 0 Å². The second-order valence-corrected chi connectivity index (χ2v) is 5.71. The largest absolute Gasteiger partial charge is 0.376 e. The number of nitrogens with one attached hydrogen (secondary N) is 1. The Bertz CT molecular complexity index is 358. The number of likely N-dealkylation sites (N-methyl/N-ethyl adjacent to an activating group) is 1. The summed E-state index contributed by atoms with van der Waals surface area (Å²) in [4.78, 5) is 2.75. The van der Waals surface area contributed by atoms with Crippen molar-refractivity contribution in [3.63, 3.8) is 0 Å². The van der Waals surface area contributed by atoms with Gasteiger partial charge in [0.05, 0.1) is 25.9 Å². The van der Waals surface area contributed by atoms with Crippen molar-refractivity contribution < 1.29 is 9.47 Å². The minimum Gasteiger partial charge on any atom is -0.376 e. The van der Waals surface area contributed by atoms with Crippen LogP contribution >= 0.6 is 11.3 Å². The zero-order chi connectivity index (χ0) is 12.3. The topological polar surface area (TPSA) is 30.5 Å². The standard InChI is InChI=1S/C13H21NO2S/c1-4-14-12(11-8-15-5-6-16-11)13-9(2)7-10(3)17-13/h7,11-12,14H,4-6,8H2,1-3H3. The highest BCUT2D eigenvalue weighted by atomic mass is 32.1. The number of aryl methyl sites for hydroxylation is 2. The molecule has 2 rings (SSSR count). The van der Waals surface area contributed by atoms with Crippen molar-refractivity contribution in [3.05, 3.63) is 21.4 Å². The predicted octanol–water partition coefficient (Wildman–Crippen LogP) is 2.43.